The molecule has 0 aliphatic rings. The highest BCUT2D eigenvalue weighted by atomic mass is 32.2. The number of rotatable bonds is 5. The Balaban J connectivity index is 2.10. The van der Waals surface area contributed by atoms with E-state index in [1.807, 2.05) is 36.4 Å². The van der Waals surface area contributed by atoms with Gasteiger partial charge in [0.25, 0.3) is 0 Å². The van der Waals surface area contributed by atoms with Crippen LogP contribution < -0.4 is 5.32 Å². The largest absolute Gasteiger partial charge is 0.359 e. The molecule has 0 aromatic heterocycles. The quantitative estimate of drug-likeness (QED) is 0.646. The molecule has 0 heterocycles. The summed E-state index contributed by atoms with van der Waals surface area (Å²) in [5, 5.41) is 20.6. The van der Waals surface area contributed by atoms with E-state index in [4.69, 9.17) is 10.5 Å². The van der Waals surface area contributed by atoms with Crippen molar-refractivity contribution in [3.05, 3.63) is 71.4 Å². The molecule has 0 aliphatic carbocycles. The van der Waals surface area contributed by atoms with Crippen LogP contribution in [0.3, 0.4) is 0 Å². The molecule has 3 nitrogen and oxygen atoms in total. The van der Waals surface area contributed by atoms with Crippen LogP contribution in [0, 0.1) is 29.6 Å². The molecule has 0 radical (unpaired) electrons. The number of aryl methyl sites for hydroxylation is 1. The lowest BCUT2D eigenvalue weighted by Crippen LogP contribution is -1.92. The van der Waals surface area contributed by atoms with Gasteiger partial charge in [0, 0.05) is 16.8 Å². The van der Waals surface area contributed by atoms with Crippen LogP contribution in [0.1, 0.15) is 11.1 Å². The van der Waals surface area contributed by atoms with Crippen molar-refractivity contribution >= 4 is 17.4 Å². The molecule has 0 saturated heterocycles. The fourth-order valence-electron chi connectivity index (χ4n) is 1.91. The van der Waals surface area contributed by atoms with Crippen molar-refractivity contribution in [1.82, 2.24) is 0 Å². The van der Waals surface area contributed by atoms with Crippen molar-refractivity contribution in [3.8, 4) is 12.1 Å². The minimum absolute atomic E-state index is 0.0542. The Hall–Kier alpha value is -2.69. The molecule has 4 heteroatoms. The van der Waals surface area contributed by atoms with E-state index in [1.165, 1.54) is 17.3 Å². The van der Waals surface area contributed by atoms with Crippen molar-refractivity contribution in [2.45, 2.75) is 17.6 Å². The van der Waals surface area contributed by atoms with Crippen molar-refractivity contribution < 1.29 is 0 Å². The minimum atomic E-state index is 0.0542. The molecular formula is C18H15N3S. The summed E-state index contributed by atoms with van der Waals surface area (Å²) in [6.07, 6.45) is 1.44. The van der Waals surface area contributed by atoms with E-state index in [0.29, 0.717) is 0 Å². The second kappa shape index (κ2) is 7.93. The van der Waals surface area contributed by atoms with Crippen molar-refractivity contribution in [3.63, 3.8) is 0 Å². The Labute approximate surface area is 134 Å². The SMILES string of the molecule is Cc1cccc(CSc2ccccc2NC=C(C#N)C#N)c1. The number of para-hydroxylation sites is 1. The summed E-state index contributed by atoms with van der Waals surface area (Å²) in [6.45, 7) is 2.08. The highest BCUT2D eigenvalue weighted by Crippen LogP contribution is 2.30. The number of nitrogens with zero attached hydrogens (tertiary/aromatic N) is 2. The number of allylic oxidation sites excluding steroid dienone is 1. The molecule has 0 aliphatic heterocycles. The van der Waals surface area contributed by atoms with Crippen molar-refractivity contribution in [2.24, 2.45) is 0 Å². The lowest BCUT2D eigenvalue weighted by Gasteiger charge is -2.09. The summed E-state index contributed by atoms with van der Waals surface area (Å²) >= 11 is 1.72. The third-order valence-electron chi connectivity index (χ3n) is 2.98. The first kappa shape index (κ1) is 15.7. The molecule has 0 spiro atoms. The molecule has 2 aromatic rings. The van der Waals surface area contributed by atoms with E-state index in [9.17, 15) is 0 Å². The van der Waals surface area contributed by atoms with Crippen molar-refractivity contribution in [2.75, 3.05) is 5.32 Å². The van der Waals surface area contributed by atoms with Crippen LogP contribution in [0.4, 0.5) is 5.69 Å². The minimum Gasteiger partial charge on any atom is -0.359 e. The fraction of sp³-hybridized carbons (Fsp3) is 0.111. The molecule has 2 aromatic carbocycles. The highest BCUT2D eigenvalue weighted by Gasteiger charge is 2.03. The van der Waals surface area contributed by atoms with Gasteiger partial charge < -0.3 is 5.32 Å². The second-order valence-electron chi connectivity index (χ2n) is 4.70. The molecule has 0 unspecified atom stereocenters. The van der Waals surface area contributed by atoms with Gasteiger partial charge >= 0.3 is 0 Å². The summed E-state index contributed by atoms with van der Waals surface area (Å²) < 4.78 is 0. The first-order chi connectivity index (χ1) is 10.7. The average Bonchev–Trinajstić information content (AvgIpc) is 2.55. The summed E-state index contributed by atoms with van der Waals surface area (Å²) in [7, 11) is 0. The Kier molecular flexibility index (Phi) is 5.65. The normalized spacial score (nSPS) is 9.41. The van der Waals surface area contributed by atoms with Gasteiger partial charge in [0.05, 0.1) is 5.69 Å². The topological polar surface area (TPSA) is 59.6 Å². The van der Waals surface area contributed by atoms with Gasteiger partial charge in [0.15, 0.2) is 0 Å². The first-order valence-electron chi connectivity index (χ1n) is 6.77. The van der Waals surface area contributed by atoms with E-state index in [2.05, 4.69) is 36.5 Å². The molecule has 0 bridgehead atoms. The van der Waals surface area contributed by atoms with Gasteiger partial charge in [-0.15, -0.1) is 11.8 Å². The summed E-state index contributed by atoms with van der Waals surface area (Å²) in [5.74, 6) is 0.868. The summed E-state index contributed by atoms with van der Waals surface area (Å²) in [4.78, 5) is 1.08. The van der Waals surface area contributed by atoms with E-state index in [1.54, 1.807) is 11.8 Å². The van der Waals surface area contributed by atoms with Crippen LogP contribution in [0.5, 0.6) is 0 Å². The molecule has 2 rings (SSSR count). The molecule has 0 fully saturated rings. The van der Waals surface area contributed by atoms with Gasteiger partial charge in [0.1, 0.15) is 17.7 Å². The van der Waals surface area contributed by atoms with Gasteiger partial charge in [-0.05, 0) is 24.6 Å². The number of hydrogen-bond donors (Lipinski definition) is 1. The summed E-state index contributed by atoms with van der Waals surface area (Å²) in [6, 6.07) is 20.0. The van der Waals surface area contributed by atoms with Gasteiger partial charge in [-0.3, -0.25) is 0 Å². The molecule has 0 atom stereocenters. The number of anilines is 1. The van der Waals surface area contributed by atoms with Gasteiger partial charge in [-0.1, -0.05) is 42.0 Å². The van der Waals surface area contributed by atoms with Gasteiger partial charge in [-0.25, -0.2) is 0 Å². The zero-order valence-corrected chi connectivity index (χ0v) is 13.0. The third-order valence-corrected chi connectivity index (χ3v) is 4.12. The highest BCUT2D eigenvalue weighted by molar-refractivity contribution is 7.98. The molecule has 1 N–H and O–H groups in total. The zero-order valence-electron chi connectivity index (χ0n) is 12.2. The Bertz CT molecular complexity index is 750. The van der Waals surface area contributed by atoms with Crippen molar-refractivity contribution in [1.29, 1.82) is 10.5 Å². The van der Waals surface area contributed by atoms with E-state index < -0.39 is 0 Å². The maximum Gasteiger partial charge on any atom is 0.145 e. The third kappa shape index (κ3) is 4.41. The monoisotopic (exact) mass is 305 g/mol. The first-order valence-corrected chi connectivity index (χ1v) is 7.76. The predicted octanol–water partition coefficient (Wildman–Crippen LogP) is 4.63. The molecular weight excluding hydrogens is 290 g/mol. The van der Waals surface area contributed by atoms with Gasteiger partial charge in [-0.2, -0.15) is 10.5 Å². The van der Waals surface area contributed by atoms with Crippen LogP contribution in [0.2, 0.25) is 0 Å². The maximum absolute atomic E-state index is 8.77. The number of benzene rings is 2. The van der Waals surface area contributed by atoms with Crippen LogP contribution in [0.15, 0.2) is 65.2 Å². The van der Waals surface area contributed by atoms with Crippen LogP contribution >= 0.6 is 11.8 Å². The van der Waals surface area contributed by atoms with E-state index >= 15 is 0 Å². The molecule has 0 saturated carbocycles. The molecule has 22 heavy (non-hydrogen) atoms. The van der Waals surface area contributed by atoms with Crippen LogP contribution in [-0.2, 0) is 5.75 Å². The fourth-order valence-corrected chi connectivity index (χ4v) is 2.87. The lowest BCUT2D eigenvalue weighted by molar-refractivity contribution is 1.33. The predicted molar refractivity (Wildman–Crippen MR) is 90.1 cm³/mol. The number of thioether (sulfide) groups is 1. The summed E-state index contributed by atoms with van der Waals surface area (Å²) in [5.41, 5.74) is 3.46. The number of hydrogen-bond acceptors (Lipinski definition) is 4. The number of nitrogens with one attached hydrogen (secondary N) is 1. The average molecular weight is 305 g/mol. The van der Waals surface area contributed by atoms with E-state index in [0.717, 1.165) is 16.3 Å². The standard InChI is InChI=1S/C18H15N3S/c1-14-5-4-6-15(9-14)13-22-18-8-3-2-7-17(18)21-12-16(10-19)11-20/h2-9,12,21H,13H2,1H3. The Morgan fingerprint density at radius 1 is 1.14 bits per heavy atom. The zero-order chi connectivity index (χ0) is 15.8. The lowest BCUT2D eigenvalue weighted by atomic mass is 10.2. The molecule has 0 amide bonds. The van der Waals surface area contributed by atoms with E-state index in [-0.39, 0.29) is 5.57 Å². The Morgan fingerprint density at radius 2 is 1.91 bits per heavy atom. The van der Waals surface area contributed by atoms with Crippen LogP contribution in [0.25, 0.3) is 0 Å². The van der Waals surface area contributed by atoms with Gasteiger partial charge in [0.2, 0.25) is 0 Å². The number of nitriles is 2. The molecule has 108 valence electrons. The van der Waals surface area contributed by atoms with Crippen LogP contribution in [-0.4, -0.2) is 0 Å². The maximum atomic E-state index is 8.77. The smallest absolute Gasteiger partial charge is 0.145 e. The Morgan fingerprint density at radius 3 is 2.64 bits per heavy atom. The second-order valence-corrected chi connectivity index (χ2v) is 5.72.